The molecule has 0 aliphatic heterocycles. The summed E-state index contributed by atoms with van der Waals surface area (Å²) < 4.78 is 26.6. The van der Waals surface area contributed by atoms with Crippen molar-refractivity contribution >= 4 is 44.1 Å². The maximum Gasteiger partial charge on any atom is 0.335 e. The summed E-state index contributed by atoms with van der Waals surface area (Å²) >= 11 is 6.99. The molecule has 2 rings (SSSR count). The van der Waals surface area contributed by atoms with Crippen LogP contribution >= 0.6 is 22.9 Å². The van der Waals surface area contributed by atoms with Crippen LogP contribution in [-0.2, 0) is 10.0 Å². The number of hydrogen-bond donors (Lipinski definition) is 2. The van der Waals surface area contributed by atoms with Crippen LogP contribution in [-0.4, -0.2) is 24.5 Å². The summed E-state index contributed by atoms with van der Waals surface area (Å²) in [6.07, 6.45) is 1.53. The molecule has 1 aromatic heterocycles. The number of nitrogens with one attached hydrogen (secondary N) is 1. The second-order valence-corrected chi connectivity index (χ2v) is 7.12. The van der Waals surface area contributed by atoms with E-state index in [4.69, 9.17) is 16.7 Å². The van der Waals surface area contributed by atoms with Gasteiger partial charge in [-0.3, -0.25) is 4.72 Å². The van der Waals surface area contributed by atoms with Gasteiger partial charge in [-0.05, 0) is 25.1 Å². The molecule has 2 N–H and O–H groups in total. The van der Waals surface area contributed by atoms with E-state index in [1.165, 1.54) is 18.3 Å². The number of sulfonamides is 1. The molecule has 0 aliphatic carbocycles. The summed E-state index contributed by atoms with van der Waals surface area (Å²) in [6.45, 7) is 1.79. The summed E-state index contributed by atoms with van der Waals surface area (Å²) in [4.78, 5) is 15.3. The zero-order valence-corrected chi connectivity index (χ0v) is 12.5. The van der Waals surface area contributed by atoms with Gasteiger partial charge in [-0.2, -0.15) is 0 Å². The molecule has 0 bridgehead atoms. The van der Waals surface area contributed by atoms with Crippen molar-refractivity contribution in [3.63, 3.8) is 0 Å². The lowest BCUT2D eigenvalue weighted by molar-refractivity contribution is 0.0696. The Bertz CT molecular complexity index is 770. The van der Waals surface area contributed by atoms with Crippen LogP contribution in [0.2, 0.25) is 5.02 Å². The topological polar surface area (TPSA) is 96.4 Å². The number of hydrogen-bond acceptors (Lipinski definition) is 5. The number of halogens is 1. The first-order valence-corrected chi connectivity index (χ1v) is 7.95. The molecule has 20 heavy (non-hydrogen) atoms. The molecular weight excluding hydrogens is 324 g/mol. The normalized spacial score (nSPS) is 11.3. The van der Waals surface area contributed by atoms with Crippen molar-refractivity contribution in [2.45, 2.75) is 11.8 Å². The molecular formula is C11H9ClN2O4S2. The van der Waals surface area contributed by atoms with E-state index in [9.17, 15) is 13.2 Å². The number of aromatic carboxylic acids is 1. The zero-order valence-electron chi connectivity index (χ0n) is 10.1. The van der Waals surface area contributed by atoms with Crippen LogP contribution in [0, 0.1) is 6.92 Å². The third-order valence-electron chi connectivity index (χ3n) is 2.31. The Hall–Kier alpha value is -1.64. The highest BCUT2D eigenvalue weighted by Gasteiger charge is 2.21. The second kappa shape index (κ2) is 5.39. The van der Waals surface area contributed by atoms with Crippen molar-refractivity contribution in [2.24, 2.45) is 0 Å². The van der Waals surface area contributed by atoms with E-state index in [1.807, 2.05) is 0 Å². The fourth-order valence-corrected chi connectivity index (χ4v) is 3.85. The summed E-state index contributed by atoms with van der Waals surface area (Å²) in [7, 11) is -3.98. The van der Waals surface area contributed by atoms with Crippen LogP contribution in [0.1, 0.15) is 15.2 Å². The van der Waals surface area contributed by atoms with Crippen molar-refractivity contribution in [3.8, 4) is 0 Å². The van der Waals surface area contributed by atoms with Crippen LogP contribution in [0.5, 0.6) is 0 Å². The van der Waals surface area contributed by atoms with Gasteiger partial charge in [-0.1, -0.05) is 11.6 Å². The molecule has 0 atom stereocenters. The van der Waals surface area contributed by atoms with Crippen molar-refractivity contribution < 1.29 is 18.3 Å². The maximum atomic E-state index is 12.2. The number of benzene rings is 1. The Morgan fingerprint density at radius 3 is 2.70 bits per heavy atom. The summed E-state index contributed by atoms with van der Waals surface area (Å²) in [5, 5.41) is 9.02. The number of carboxylic acid groups (broad SMARTS) is 1. The second-order valence-electron chi connectivity index (χ2n) is 3.83. The number of aromatic nitrogens is 1. The fraction of sp³-hybridized carbons (Fsp3) is 0.0909. The zero-order chi connectivity index (χ0) is 14.9. The lowest BCUT2D eigenvalue weighted by Crippen LogP contribution is -2.14. The predicted molar refractivity (Wildman–Crippen MR) is 76.1 cm³/mol. The minimum Gasteiger partial charge on any atom is -0.478 e. The van der Waals surface area contributed by atoms with Crippen LogP contribution in [0.3, 0.4) is 0 Å². The first kappa shape index (κ1) is 14.8. The molecule has 6 nitrogen and oxygen atoms in total. The van der Waals surface area contributed by atoms with Crippen LogP contribution < -0.4 is 4.72 Å². The van der Waals surface area contributed by atoms with Gasteiger partial charge in [0.15, 0.2) is 5.13 Å². The molecule has 9 heteroatoms. The van der Waals surface area contributed by atoms with Gasteiger partial charge >= 0.3 is 5.97 Å². The Balaban J connectivity index is 2.43. The van der Waals surface area contributed by atoms with Gasteiger partial charge in [0, 0.05) is 11.1 Å². The van der Waals surface area contributed by atoms with E-state index < -0.39 is 16.0 Å². The molecule has 0 saturated carbocycles. The Labute approximate surface area is 124 Å². The van der Waals surface area contributed by atoms with Crippen LogP contribution in [0.25, 0.3) is 0 Å². The number of carboxylic acids is 1. The monoisotopic (exact) mass is 332 g/mol. The van der Waals surface area contributed by atoms with E-state index >= 15 is 0 Å². The molecule has 106 valence electrons. The van der Waals surface area contributed by atoms with Crippen LogP contribution in [0.4, 0.5) is 5.13 Å². The van der Waals surface area contributed by atoms with Gasteiger partial charge < -0.3 is 5.11 Å². The highest BCUT2D eigenvalue weighted by Crippen LogP contribution is 2.26. The van der Waals surface area contributed by atoms with Gasteiger partial charge in [0.25, 0.3) is 10.0 Å². The van der Waals surface area contributed by atoms with E-state index in [2.05, 4.69) is 9.71 Å². The molecule has 0 spiro atoms. The fourth-order valence-electron chi connectivity index (χ4n) is 1.41. The molecule has 0 fully saturated rings. The molecule has 0 unspecified atom stereocenters. The first-order chi connectivity index (χ1) is 9.29. The molecule has 0 saturated heterocycles. The van der Waals surface area contributed by atoms with Crippen molar-refractivity contribution in [3.05, 3.63) is 39.9 Å². The number of carbonyl (C=O) groups is 1. The van der Waals surface area contributed by atoms with Gasteiger partial charge in [0.05, 0.1) is 10.6 Å². The molecule has 0 aliphatic rings. The molecule has 1 aromatic carbocycles. The van der Waals surface area contributed by atoms with E-state index in [0.29, 0.717) is 0 Å². The number of nitrogens with zero attached hydrogens (tertiary/aromatic N) is 1. The predicted octanol–water partition coefficient (Wildman–Crippen LogP) is 2.60. The lowest BCUT2D eigenvalue weighted by atomic mass is 10.2. The standard InChI is InChI=1S/C11H9ClN2O4S2/c1-6-5-13-11(19-6)14-20(17,18)9-4-7(10(15)16)2-3-8(9)12/h2-5H,1H3,(H,13,14)(H,15,16). The lowest BCUT2D eigenvalue weighted by Gasteiger charge is -2.07. The summed E-state index contributed by atoms with van der Waals surface area (Å²) in [6, 6.07) is 3.47. The third-order valence-corrected chi connectivity index (χ3v) is 5.09. The largest absolute Gasteiger partial charge is 0.478 e. The van der Waals surface area contributed by atoms with Gasteiger partial charge in [0.2, 0.25) is 0 Å². The number of thiazole rings is 1. The Morgan fingerprint density at radius 2 is 2.15 bits per heavy atom. The van der Waals surface area contributed by atoms with Crippen molar-refractivity contribution in [2.75, 3.05) is 4.72 Å². The average Bonchev–Trinajstić information content (AvgIpc) is 2.73. The van der Waals surface area contributed by atoms with E-state index in [1.54, 1.807) is 6.92 Å². The Morgan fingerprint density at radius 1 is 1.45 bits per heavy atom. The summed E-state index contributed by atoms with van der Waals surface area (Å²) in [5.74, 6) is -1.23. The molecule has 1 heterocycles. The van der Waals surface area contributed by atoms with Gasteiger partial charge in [0.1, 0.15) is 4.90 Å². The number of rotatable bonds is 4. The molecule has 0 radical (unpaired) electrons. The van der Waals surface area contributed by atoms with Crippen LogP contribution in [0.15, 0.2) is 29.3 Å². The first-order valence-electron chi connectivity index (χ1n) is 5.28. The highest BCUT2D eigenvalue weighted by molar-refractivity contribution is 7.93. The van der Waals surface area contributed by atoms with E-state index in [0.717, 1.165) is 22.3 Å². The molecule has 0 amide bonds. The minimum atomic E-state index is -3.98. The quantitative estimate of drug-likeness (QED) is 0.897. The maximum absolute atomic E-state index is 12.2. The number of aryl methyl sites for hydroxylation is 1. The van der Waals surface area contributed by atoms with Gasteiger partial charge in [-0.15, -0.1) is 11.3 Å². The minimum absolute atomic E-state index is 0.0595. The van der Waals surface area contributed by atoms with Gasteiger partial charge in [-0.25, -0.2) is 18.2 Å². The number of anilines is 1. The van der Waals surface area contributed by atoms with Crippen molar-refractivity contribution in [1.82, 2.24) is 4.98 Å². The highest BCUT2D eigenvalue weighted by atomic mass is 35.5. The SMILES string of the molecule is Cc1cnc(NS(=O)(=O)c2cc(C(=O)O)ccc2Cl)s1. The van der Waals surface area contributed by atoms with Crippen molar-refractivity contribution in [1.29, 1.82) is 0 Å². The Kier molecular flexibility index (Phi) is 3.98. The van der Waals surface area contributed by atoms with E-state index in [-0.39, 0.29) is 20.6 Å². The average molecular weight is 333 g/mol. The smallest absolute Gasteiger partial charge is 0.335 e. The third kappa shape index (κ3) is 3.09. The molecule has 2 aromatic rings. The summed E-state index contributed by atoms with van der Waals surface area (Å²) in [5.41, 5.74) is -0.162.